The normalized spacial score (nSPS) is 25.3. The Labute approximate surface area is 147 Å². The van der Waals surface area contributed by atoms with E-state index in [1.807, 2.05) is 0 Å². The zero-order valence-electron chi connectivity index (χ0n) is 15.4. The zero-order chi connectivity index (χ0) is 16.4. The minimum atomic E-state index is 0.501. The Morgan fingerprint density at radius 2 is 1.50 bits per heavy atom. The van der Waals surface area contributed by atoms with Crippen LogP contribution < -0.4 is 0 Å². The number of hydrogen-bond acceptors (Lipinski definition) is 0. The number of H-pyrrole nitrogens is 1. The minimum Gasteiger partial charge on any atom is -0.358 e. The van der Waals surface area contributed by atoms with E-state index in [1.54, 1.807) is 5.56 Å². The fraction of sp³-hybridized carbons (Fsp3) is 0.652. The maximum Gasteiger partial charge on any atom is 0.0459 e. The van der Waals surface area contributed by atoms with Gasteiger partial charge in [-0.2, -0.15) is 0 Å². The maximum atomic E-state index is 3.72. The molecular formula is C23H33N. The third-order valence-corrected chi connectivity index (χ3v) is 6.95. The van der Waals surface area contributed by atoms with Crippen LogP contribution in [0.3, 0.4) is 0 Å². The molecule has 2 aliphatic rings. The molecule has 1 heterocycles. The van der Waals surface area contributed by atoms with Gasteiger partial charge in [-0.25, -0.2) is 0 Å². The second kappa shape index (κ2) is 6.94. The summed E-state index contributed by atoms with van der Waals surface area (Å²) in [4.78, 5) is 3.72. The lowest BCUT2D eigenvalue weighted by Gasteiger charge is -2.37. The lowest BCUT2D eigenvalue weighted by molar-refractivity contribution is 0.197. The second-order valence-corrected chi connectivity index (χ2v) is 8.64. The van der Waals surface area contributed by atoms with Crippen LogP contribution in [-0.4, -0.2) is 4.98 Å². The average molecular weight is 324 g/mol. The number of fused-ring (bicyclic) bond motifs is 3. The predicted molar refractivity (Wildman–Crippen MR) is 104 cm³/mol. The van der Waals surface area contributed by atoms with E-state index >= 15 is 0 Å². The van der Waals surface area contributed by atoms with Gasteiger partial charge in [0.1, 0.15) is 0 Å². The van der Waals surface area contributed by atoms with Crippen molar-refractivity contribution in [2.75, 3.05) is 0 Å². The molecule has 0 saturated heterocycles. The van der Waals surface area contributed by atoms with Gasteiger partial charge in [-0.05, 0) is 48.6 Å². The molecule has 1 aromatic carbocycles. The zero-order valence-corrected chi connectivity index (χ0v) is 15.4. The number of nitrogens with one attached hydrogen (secondary N) is 1. The number of aryl methyl sites for hydroxylation is 1. The largest absolute Gasteiger partial charge is 0.358 e. The summed E-state index contributed by atoms with van der Waals surface area (Å²) < 4.78 is 0. The summed E-state index contributed by atoms with van der Waals surface area (Å²) in [5.41, 5.74) is 5.08. The van der Waals surface area contributed by atoms with Crippen LogP contribution in [0.25, 0.3) is 10.9 Å². The molecule has 1 N–H and O–H groups in total. The topological polar surface area (TPSA) is 15.8 Å². The SMILES string of the molecule is CC1(C2CCc3[nH]c4ccccc4c32)CCCCCCCCCC1. The Kier molecular flexibility index (Phi) is 4.70. The molecule has 130 valence electrons. The lowest BCUT2D eigenvalue weighted by atomic mass is 9.67. The van der Waals surface area contributed by atoms with E-state index in [4.69, 9.17) is 0 Å². The smallest absolute Gasteiger partial charge is 0.0459 e. The summed E-state index contributed by atoms with van der Waals surface area (Å²) >= 11 is 0. The van der Waals surface area contributed by atoms with Crippen LogP contribution in [0.15, 0.2) is 24.3 Å². The first-order valence-corrected chi connectivity index (χ1v) is 10.4. The first-order valence-electron chi connectivity index (χ1n) is 10.4. The van der Waals surface area contributed by atoms with Crippen LogP contribution >= 0.6 is 0 Å². The van der Waals surface area contributed by atoms with Crippen LogP contribution in [0.2, 0.25) is 0 Å². The Hall–Kier alpha value is -1.24. The Morgan fingerprint density at radius 1 is 0.875 bits per heavy atom. The van der Waals surface area contributed by atoms with Gasteiger partial charge in [0.05, 0.1) is 0 Å². The van der Waals surface area contributed by atoms with Gasteiger partial charge in [-0.3, -0.25) is 0 Å². The van der Waals surface area contributed by atoms with Crippen molar-refractivity contribution in [2.45, 2.75) is 89.9 Å². The molecule has 4 rings (SSSR count). The standard InChI is InChI=1S/C23H33N/c1-23(16-10-6-4-2-3-5-7-11-17-23)19-14-15-21-22(19)18-12-8-9-13-20(18)24-21/h8-9,12-13,19,24H,2-7,10-11,14-17H2,1H3. The predicted octanol–water partition coefficient (Wildman–Crippen LogP) is 7.12. The van der Waals surface area contributed by atoms with Crippen LogP contribution in [0, 0.1) is 5.41 Å². The van der Waals surface area contributed by atoms with Crippen LogP contribution in [0.1, 0.15) is 94.7 Å². The van der Waals surface area contributed by atoms with Crippen LogP contribution in [0.4, 0.5) is 0 Å². The van der Waals surface area contributed by atoms with E-state index in [0.717, 1.165) is 5.92 Å². The highest BCUT2D eigenvalue weighted by molar-refractivity contribution is 5.86. The number of aromatic amines is 1. The molecule has 1 heteroatoms. The minimum absolute atomic E-state index is 0.501. The summed E-state index contributed by atoms with van der Waals surface area (Å²) in [5.74, 6) is 0.768. The molecule has 1 nitrogen and oxygen atoms in total. The lowest BCUT2D eigenvalue weighted by Crippen LogP contribution is -2.24. The van der Waals surface area contributed by atoms with Gasteiger partial charge >= 0.3 is 0 Å². The van der Waals surface area contributed by atoms with E-state index in [9.17, 15) is 0 Å². The molecule has 0 radical (unpaired) electrons. The summed E-state index contributed by atoms with van der Waals surface area (Å²) in [6.45, 7) is 2.62. The highest BCUT2D eigenvalue weighted by Gasteiger charge is 2.40. The Balaban J connectivity index is 1.64. The molecule has 1 saturated carbocycles. The molecule has 0 spiro atoms. The van der Waals surface area contributed by atoms with Gasteiger partial charge in [-0.15, -0.1) is 0 Å². The fourth-order valence-corrected chi connectivity index (χ4v) is 5.54. The summed E-state index contributed by atoms with van der Waals surface area (Å²) in [6, 6.07) is 8.98. The second-order valence-electron chi connectivity index (χ2n) is 8.64. The van der Waals surface area contributed by atoms with Crippen LogP contribution in [-0.2, 0) is 6.42 Å². The Bertz CT molecular complexity index is 668. The third-order valence-electron chi connectivity index (χ3n) is 6.95. The monoisotopic (exact) mass is 323 g/mol. The van der Waals surface area contributed by atoms with Crippen molar-refractivity contribution >= 4 is 10.9 Å². The molecule has 2 aliphatic carbocycles. The third kappa shape index (κ3) is 3.03. The van der Waals surface area contributed by atoms with Gasteiger partial charge in [0.2, 0.25) is 0 Å². The van der Waals surface area contributed by atoms with Gasteiger partial charge in [0, 0.05) is 16.6 Å². The molecule has 1 fully saturated rings. The number of rotatable bonds is 1. The molecule has 0 aliphatic heterocycles. The molecule has 24 heavy (non-hydrogen) atoms. The number of hydrogen-bond donors (Lipinski definition) is 1. The van der Waals surface area contributed by atoms with Gasteiger partial charge < -0.3 is 4.98 Å². The van der Waals surface area contributed by atoms with Crippen molar-refractivity contribution in [1.29, 1.82) is 0 Å². The van der Waals surface area contributed by atoms with Crippen molar-refractivity contribution in [2.24, 2.45) is 5.41 Å². The molecule has 1 aromatic heterocycles. The summed E-state index contributed by atoms with van der Waals surface area (Å²) in [5, 5.41) is 1.51. The van der Waals surface area contributed by atoms with Crippen molar-refractivity contribution in [3.63, 3.8) is 0 Å². The molecule has 0 amide bonds. The van der Waals surface area contributed by atoms with Crippen molar-refractivity contribution in [1.82, 2.24) is 4.98 Å². The number of aromatic nitrogens is 1. The van der Waals surface area contributed by atoms with Gasteiger partial charge in [0.25, 0.3) is 0 Å². The van der Waals surface area contributed by atoms with E-state index in [0.29, 0.717) is 5.41 Å². The average Bonchev–Trinajstić information content (AvgIpc) is 3.14. The molecule has 2 aromatic rings. The maximum absolute atomic E-state index is 3.72. The van der Waals surface area contributed by atoms with Crippen molar-refractivity contribution < 1.29 is 0 Å². The van der Waals surface area contributed by atoms with E-state index < -0.39 is 0 Å². The van der Waals surface area contributed by atoms with Crippen molar-refractivity contribution in [3.05, 3.63) is 35.5 Å². The van der Waals surface area contributed by atoms with Crippen molar-refractivity contribution in [3.8, 4) is 0 Å². The van der Waals surface area contributed by atoms with E-state index in [2.05, 4.69) is 36.2 Å². The quantitative estimate of drug-likeness (QED) is 0.575. The highest BCUT2D eigenvalue weighted by Crippen LogP contribution is 2.52. The molecule has 1 unspecified atom stereocenters. The van der Waals surface area contributed by atoms with Crippen LogP contribution in [0.5, 0.6) is 0 Å². The number of para-hydroxylation sites is 1. The molecule has 1 atom stereocenters. The van der Waals surface area contributed by atoms with Gasteiger partial charge in [0.15, 0.2) is 0 Å². The van der Waals surface area contributed by atoms with E-state index in [1.165, 1.54) is 93.6 Å². The molecular weight excluding hydrogens is 290 g/mol. The Morgan fingerprint density at radius 3 is 2.21 bits per heavy atom. The highest BCUT2D eigenvalue weighted by atomic mass is 14.7. The number of benzene rings is 1. The van der Waals surface area contributed by atoms with E-state index in [-0.39, 0.29) is 0 Å². The summed E-state index contributed by atoms with van der Waals surface area (Å²) in [7, 11) is 0. The molecule has 0 bridgehead atoms. The summed E-state index contributed by atoms with van der Waals surface area (Å²) in [6.07, 6.45) is 17.1. The van der Waals surface area contributed by atoms with Gasteiger partial charge in [-0.1, -0.05) is 76.5 Å². The first-order chi connectivity index (χ1) is 11.8. The first kappa shape index (κ1) is 16.2. The fourth-order valence-electron chi connectivity index (χ4n) is 5.54.